The normalized spacial score (nSPS) is 16.9. The number of guanidine groups is 1. The van der Waals surface area contributed by atoms with Crippen molar-refractivity contribution in [2.24, 2.45) is 10.4 Å². The maximum absolute atomic E-state index is 4.59. The first-order chi connectivity index (χ1) is 13.3. The number of nitrogens with one attached hydrogen (secondary N) is 2. The first kappa shape index (κ1) is 25.9. The van der Waals surface area contributed by atoms with E-state index in [9.17, 15) is 0 Å². The highest BCUT2D eigenvalue weighted by Crippen LogP contribution is 2.21. The lowest BCUT2D eigenvalue weighted by molar-refractivity contribution is 0.270. The molecule has 1 aromatic rings. The molecule has 0 spiro atoms. The van der Waals surface area contributed by atoms with E-state index in [0.717, 1.165) is 57.5 Å². The summed E-state index contributed by atoms with van der Waals surface area (Å²) in [7, 11) is 1.83. The van der Waals surface area contributed by atoms with Crippen molar-refractivity contribution < 1.29 is 0 Å². The number of rotatable bonds is 7. The van der Waals surface area contributed by atoms with E-state index in [0.29, 0.717) is 11.5 Å². The van der Waals surface area contributed by atoms with Crippen molar-refractivity contribution in [1.82, 2.24) is 20.5 Å². The summed E-state index contributed by atoms with van der Waals surface area (Å²) in [5.74, 6) is 1.94. The van der Waals surface area contributed by atoms with E-state index in [1.165, 1.54) is 12.0 Å². The Kier molecular flexibility index (Phi) is 11.2. The third-order valence-corrected chi connectivity index (χ3v) is 5.35. The zero-order valence-electron chi connectivity index (χ0n) is 19.2. The highest BCUT2D eigenvalue weighted by atomic mass is 127. The molecule has 0 aromatic carbocycles. The van der Waals surface area contributed by atoms with Gasteiger partial charge in [0, 0.05) is 52.0 Å². The molecule has 1 atom stereocenters. The Morgan fingerprint density at radius 3 is 2.52 bits per heavy atom. The molecule has 0 radical (unpaired) electrons. The van der Waals surface area contributed by atoms with Crippen molar-refractivity contribution in [2.75, 3.05) is 44.7 Å². The second-order valence-electron chi connectivity index (χ2n) is 9.01. The van der Waals surface area contributed by atoms with Gasteiger partial charge in [0.15, 0.2) is 5.96 Å². The fourth-order valence-corrected chi connectivity index (χ4v) is 3.37. The van der Waals surface area contributed by atoms with E-state index in [2.05, 4.69) is 77.2 Å². The van der Waals surface area contributed by atoms with E-state index < -0.39 is 0 Å². The lowest BCUT2D eigenvalue weighted by Crippen LogP contribution is -2.46. The second kappa shape index (κ2) is 12.6. The minimum absolute atomic E-state index is 0. The van der Waals surface area contributed by atoms with Crippen molar-refractivity contribution in [1.29, 1.82) is 0 Å². The number of hydrogen-bond acceptors (Lipinski definition) is 4. The largest absolute Gasteiger partial charge is 0.354 e. The van der Waals surface area contributed by atoms with Crippen molar-refractivity contribution in [3.63, 3.8) is 0 Å². The minimum atomic E-state index is 0. The molecule has 0 bridgehead atoms. The molecule has 2 N–H and O–H groups in total. The molecule has 2 rings (SSSR count). The number of aliphatic imine (C=N–C) groups is 1. The van der Waals surface area contributed by atoms with Gasteiger partial charge >= 0.3 is 0 Å². The highest BCUT2D eigenvalue weighted by Gasteiger charge is 2.17. The van der Waals surface area contributed by atoms with Crippen molar-refractivity contribution in [3.05, 3.63) is 23.9 Å². The third-order valence-electron chi connectivity index (χ3n) is 5.35. The SMILES string of the molecule is CCN1CCN(c2cc(CNC(=NC)NC(C)CCC(C)(C)C)ccn2)CC1.I. The topological polar surface area (TPSA) is 55.8 Å². The molecule has 1 aliphatic rings. The zero-order valence-corrected chi connectivity index (χ0v) is 21.5. The number of nitrogens with zero attached hydrogens (tertiary/aromatic N) is 4. The number of hydrogen-bond donors (Lipinski definition) is 2. The highest BCUT2D eigenvalue weighted by molar-refractivity contribution is 14.0. The summed E-state index contributed by atoms with van der Waals surface area (Å²) in [5.41, 5.74) is 1.59. The lowest BCUT2D eigenvalue weighted by atomic mass is 9.89. The van der Waals surface area contributed by atoms with Gasteiger partial charge in [0.1, 0.15) is 5.82 Å². The van der Waals surface area contributed by atoms with Gasteiger partial charge in [0.2, 0.25) is 0 Å². The van der Waals surface area contributed by atoms with Crippen LogP contribution in [-0.2, 0) is 6.54 Å². The van der Waals surface area contributed by atoms with Crippen LogP contribution in [0.2, 0.25) is 0 Å². The molecular weight excluding hydrogens is 475 g/mol. The Morgan fingerprint density at radius 2 is 1.93 bits per heavy atom. The fourth-order valence-electron chi connectivity index (χ4n) is 3.37. The average Bonchev–Trinajstić information content (AvgIpc) is 2.69. The number of halogens is 1. The van der Waals surface area contributed by atoms with Gasteiger partial charge in [-0.05, 0) is 49.4 Å². The number of piperazine rings is 1. The average molecular weight is 517 g/mol. The predicted molar refractivity (Wildman–Crippen MR) is 135 cm³/mol. The molecule has 1 saturated heterocycles. The summed E-state index contributed by atoms with van der Waals surface area (Å²) in [5, 5.41) is 6.95. The predicted octanol–water partition coefficient (Wildman–Crippen LogP) is 3.72. The van der Waals surface area contributed by atoms with Crippen LogP contribution in [0.3, 0.4) is 0 Å². The molecule has 1 aromatic heterocycles. The second-order valence-corrected chi connectivity index (χ2v) is 9.01. The first-order valence-corrected chi connectivity index (χ1v) is 10.7. The molecule has 1 fully saturated rings. The maximum atomic E-state index is 4.59. The van der Waals surface area contributed by atoms with E-state index in [1.54, 1.807) is 0 Å². The number of aromatic nitrogens is 1. The number of likely N-dealkylation sites (N-methyl/N-ethyl adjacent to an activating group) is 1. The molecule has 0 saturated carbocycles. The molecule has 0 amide bonds. The molecule has 166 valence electrons. The minimum Gasteiger partial charge on any atom is -0.354 e. The summed E-state index contributed by atoms with van der Waals surface area (Å²) in [6.45, 7) is 17.5. The van der Waals surface area contributed by atoms with E-state index in [-0.39, 0.29) is 24.0 Å². The van der Waals surface area contributed by atoms with Crippen LogP contribution >= 0.6 is 24.0 Å². The monoisotopic (exact) mass is 516 g/mol. The number of anilines is 1. The van der Waals surface area contributed by atoms with Gasteiger partial charge in [-0.1, -0.05) is 27.7 Å². The molecular formula is C22H41IN6. The molecule has 1 aliphatic heterocycles. The summed E-state index contributed by atoms with van der Waals surface area (Å²) >= 11 is 0. The van der Waals surface area contributed by atoms with Gasteiger partial charge in [-0.15, -0.1) is 24.0 Å². The first-order valence-electron chi connectivity index (χ1n) is 10.7. The Labute approximate surface area is 195 Å². The van der Waals surface area contributed by atoms with Crippen LogP contribution in [0.15, 0.2) is 23.3 Å². The Balaban J connectivity index is 0.00000420. The Morgan fingerprint density at radius 1 is 1.24 bits per heavy atom. The number of pyridine rings is 1. The standard InChI is InChI=1S/C22H40N6.HI/c1-7-27-12-14-28(15-13-27)20-16-19(9-11-24-20)17-25-21(23-6)26-18(2)8-10-22(3,4)5;/h9,11,16,18H,7-8,10,12-15,17H2,1-6H3,(H2,23,25,26);1H. The van der Waals surface area contributed by atoms with Crippen LogP contribution in [0.1, 0.15) is 53.0 Å². The Bertz CT molecular complexity index is 620. The van der Waals surface area contributed by atoms with Crippen LogP contribution in [0.4, 0.5) is 5.82 Å². The van der Waals surface area contributed by atoms with Gasteiger partial charge in [0.25, 0.3) is 0 Å². The maximum Gasteiger partial charge on any atom is 0.191 e. The molecule has 1 unspecified atom stereocenters. The van der Waals surface area contributed by atoms with Gasteiger partial charge in [-0.3, -0.25) is 4.99 Å². The summed E-state index contributed by atoms with van der Waals surface area (Å²) < 4.78 is 0. The van der Waals surface area contributed by atoms with Crippen molar-refractivity contribution in [3.8, 4) is 0 Å². The van der Waals surface area contributed by atoms with Crippen LogP contribution in [0, 0.1) is 5.41 Å². The van der Waals surface area contributed by atoms with Gasteiger partial charge in [0.05, 0.1) is 0 Å². The van der Waals surface area contributed by atoms with Crippen LogP contribution in [0.25, 0.3) is 0 Å². The van der Waals surface area contributed by atoms with Gasteiger partial charge in [-0.2, -0.15) is 0 Å². The quantitative estimate of drug-likeness (QED) is 0.329. The molecule has 0 aliphatic carbocycles. The molecule has 29 heavy (non-hydrogen) atoms. The summed E-state index contributed by atoms with van der Waals surface area (Å²) in [4.78, 5) is 13.8. The van der Waals surface area contributed by atoms with Gasteiger partial charge < -0.3 is 20.4 Å². The fraction of sp³-hybridized carbons (Fsp3) is 0.727. The third kappa shape index (κ3) is 9.51. The van der Waals surface area contributed by atoms with Crippen LogP contribution in [-0.4, -0.2) is 61.7 Å². The summed E-state index contributed by atoms with van der Waals surface area (Å²) in [6.07, 6.45) is 4.24. The Hall–Kier alpha value is -1.09. The van der Waals surface area contributed by atoms with E-state index in [4.69, 9.17) is 0 Å². The smallest absolute Gasteiger partial charge is 0.191 e. The van der Waals surface area contributed by atoms with Gasteiger partial charge in [-0.25, -0.2) is 4.98 Å². The van der Waals surface area contributed by atoms with Crippen molar-refractivity contribution >= 4 is 35.8 Å². The van der Waals surface area contributed by atoms with Crippen LogP contribution < -0.4 is 15.5 Å². The van der Waals surface area contributed by atoms with E-state index >= 15 is 0 Å². The molecule has 2 heterocycles. The molecule has 6 nitrogen and oxygen atoms in total. The summed E-state index contributed by atoms with van der Waals surface area (Å²) in [6, 6.07) is 4.67. The van der Waals surface area contributed by atoms with E-state index in [1.807, 2.05) is 13.2 Å². The van der Waals surface area contributed by atoms with Crippen molar-refractivity contribution in [2.45, 2.75) is 60.0 Å². The molecule has 7 heteroatoms. The zero-order chi connectivity index (χ0) is 20.6. The lowest BCUT2D eigenvalue weighted by Gasteiger charge is -2.34. The van der Waals surface area contributed by atoms with Crippen LogP contribution in [0.5, 0.6) is 0 Å².